The number of nitrogens with one attached hydrogen (secondary N) is 1. The van der Waals surface area contributed by atoms with Gasteiger partial charge in [-0.3, -0.25) is 0 Å². The third-order valence-electron chi connectivity index (χ3n) is 4.17. The van der Waals surface area contributed by atoms with Gasteiger partial charge in [0.25, 0.3) is 0 Å². The van der Waals surface area contributed by atoms with Crippen LogP contribution in [0.4, 0.5) is 4.39 Å². The van der Waals surface area contributed by atoms with Crippen molar-refractivity contribution in [2.45, 2.75) is 45.4 Å². The van der Waals surface area contributed by atoms with E-state index >= 15 is 0 Å². The summed E-state index contributed by atoms with van der Waals surface area (Å²) in [4.78, 5) is 0. The second-order valence-corrected chi connectivity index (χ2v) is 6.20. The molecule has 0 radical (unpaired) electrons. The zero-order valence-corrected chi connectivity index (χ0v) is 12.4. The van der Waals surface area contributed by atoms with Gasteiger partial charge in [-0.25, -0.2) is 4.39 Å². The van der Waals surface area contributed by atoms with E-state index in [4.69, 9.17) is 11.6 Å². The quantitative estimate of drug-likeness (QED) is 0.754. The van der Waals surface area contributed by atoms with Crippen LogP contribution in [0.2, 0.25) is 5.02 Å². The van der Waals surface area contributed by atoms with Crippen molar-refractivity contribution in [3.63, 3.8) is 0 Å². The van der Waals surface area contributed by atoms with E-state index in [1.54, 1.807) is 0 Å². The molecule has 1 aliphatic carbocycles. The van der Waals surface area contributed by atoms with Crippen molar-refractivity contribution in [2.24, 2.45) is 5.41 Å². The number of halogens is 2. The summed E-state index contributed by atoms with van der Waals surface area (Å²) in [6.45, 7) is 4.30. The Labute approximate surface area is 120 Å². The fourth-order valence-corrected chi connectivity index (χ4v) is 3.37. The standard InChI is InChI=1S/C16H23ClFN/c1-2-9-19-12-16(7-3-4-8-16)11-13-5-6-14(18)10-15(13)17/h5-6,10,19H,2-4,7-9,11-12H2,1H3. The molecule has 3 heteroatoms. The first kappa shape index (κ1) is 14.8. The number of hydrogen-bond donors (Lipinski definition) is 1. The molecule has 1 saturated carbocycles. The van der Waals surface area contributed by atoms with Crippen LogP contribution < -0.4 is 5.32 Å². The van der Waals surface area contributed by atoms with Gasteiger partial charge in [-0.15, -0.1) is 0 Å². The van der Waals surface area contributed by atoms with Gasteiger partial charge < -0.3 is 5.32 Å². The Balaban J connectivity index is 2.07. The van der Waals surface area contributed by atoms with Crippen molar-refractivity contribution in [3.8, 4) is 0 Å². The van der Waals surface area contributed by atoms with E-state index in [2.05, 4.69) is 12.2 Å². The highest BCUT2D eigenvalue weighted by atomic mass is 35.5. The Morgan fingerprint density at radius 1 is 1.32 bits per heavy atom. The lowest BCUT2D eigenvalue weighted by Crippen LogP contribution is -2.34. The van der Waals surface area contributed by atoms with Gasteiger partial charge in [-0.2, -0.15) is 0 Å². The summed E-state index contributed by atoms with van der Waals surface area (Å²) in [6, 6.07) is 4.79. The van der Waals surface area contributed by atoms with Gasteiger partial charge in [0.15, 0.2) is 0 Å². The average molecular weight is 284 g/mol. The monoisotopic (exact) mass is 283 g/mol. The normalized spacial score (nSPS) is 17.8. The van der Waals surface area contributed by atoms with Gasteiger partial charge in [0.1, 0.15) is 5.82 Å². The predicted octanol–water partition coefficient (Wildman–Crippen LogP) is 4.58. The van der Waals surface area contributed by atoms with Crippen LogP contribution >= 0.6 is 11.6 Å². The molecule has 2 rings (SSSR count). The fraction of sp³-hybridized carbons (Fsp3) is 0.625. The highest BCUT2D eigenvalue weighted by Crippen LogP contribution is 2.41. The molecular formula is C16H23ClFN. The zero-order chi connectivity index (χ0) is 13.7. The van der Waals surface area contributed by atoms with Crippen molar-refractivity contribution in [1.29, 1.82) is 0 Å². The molecule has 0 aromatic heterocycles. The van der Waals surface area contributed by atoms with E-state index in [1.807, 2.05) is 6.07 Å². The van der Waals surface area contributed by atoms with Gasteiger partial charge in [0.2, 0.25) is 0 Å². The molecule has 106 valence electrons. The lowest BCUT2D eigenvalue weighted by Gasteiger charge is -2.30. The SMILES string of the molecule is CCCNCC1(Cc2ccc(F)cc2Cl)CCCC1. The summed E-state index contributed by atoms with van der Waals surface area (Å²) < 4.78 is 13.1. The molecule has 1 aliphatic rings. The molecule has 1 fully saturated rings. The Morgan fingerprint density at radius 2 is 2.05 bits per heavy atom. The number of rotatable bonds is 6. The molecule has 0 atom stereocenters. The largest absolute Gasteiger partial charge is 0.316 e. The molecule has 0 unspecified atom stereocenters. The first-order valence-electron chi connectivity index (χ1n) is 7.30. The van der Waals surface area contributed by atoms with Crippen LogP contribution in [0.5, 0.6) is 0 Å². The second kappa shape index (κ2) is 6.71. The van der Waals surface area contributed by atoms with Gasteiger partial charge in [0, 0.05) is 11.6 Å². The van der Waals surface area contributed by atoms with Crippen LogP contribution in [0.25, 0.3) is 0 Å². The van der Waals surface area contributed by atoms with Crippen molar-refractivity contribution >= 4 is 11.6 Å². The fourth-order valence-electron chi connectivity index (χ4n) is 3.14. The highest BCUT2D eigenvalue weighted by molar-refractivity contribution is 6.31. The summed E-state index contributed by atoms with van der Waals surface area (Å²) in [7, 11) is 0. The van der Waals surface area contributed by atoms with Crippen LogP contribution in [0.1, 0.15) is 44.6 Å². The number of benzene rings is 1. The van der Waals surface area contributed by atoms with Crippen LogP contribution in [-0.4, -0.2) is 13.1 Å². The molecule has 0 heterocycles. The van der Waals surface area contributed by atoms with Crippen molar-refractivity contribution in [3.05, 3.63) is 34.6 Å². The molecule has 19 heavy (non-hydrogen) atoms. The Morgan fingerprint density at radius 3 is 2.68 bits per heavy atom. The van der Waals surface area contributed by atoms with Gasteiger partial charge in [-0.05, 0) is 55.3 Å². The minimum absolute atomic E-state index is 0.252. The van der Waals surface area contributed by atoms with Crippen LogP contribution in [-0.2, 0) is 6.42 Å². The molecule has 0 aliphatic heterocycles. The lowest BCUT2D eigenvalue weighted by atomic mass is 9.80. The smallest absolute Gasteiger partial charge is 0.124 e. The van der Waals surface area contributed by atoms with Gasteiger partial charge in [0.05, 0.1) is 0 Å². The summed E-state index contributed by atoms with van der Waals surface area (Å²) in [5, 5.41) is 4.12. The first-order valence-corrected chi connectivity index (χ1v) is 7.68. The molecule has 1 aromatic rings. The van der Waals surface area contributed by atoms with E-state index in [0.29, 0.717) is 10.4 Å². The lowest BCUT2D eigenvalue weighted by molar-refractivity contribution is 0.278. The third kappa shape index (κ3) is 3.93. The van der Waals surface area contributed by atoms with E-state index in [-0.39, 0.29) is 5.82 Å². The third-order valence-corrected chi connectivity index (χ3v) is 4.52. The molecule has 1 aromatic carbocycles. The van der Waals surface area contributed by atoms with Crippen molar-refractivity contribution in [2.75, 3.05) is 13.1 Å². The van der Waals surface area contributed by atoms with Gasteiger partial charge >= 0.3 is 0 Å². The van der Waals surface area contributed by atoms with Crippen molar-refractivity contribution < 1.29 is 4.39 Å². The molecule has 1 nitrogen and oxygen atoms in total. The Hall–Kier alpha value is -0.600. The highest BCUT2D eigenvalue weighted by Gasteiger charge is 2.34. The Bertz CT molecular complexity index is 413. The molecule has 0 saturated heterocycles. The maximum Gasteiger partial charge on any atom is 0.124 e. The summed E-state index contributed by atoms with van der Waals surface area (Å²) in [5.74, 6) is -0.252. The summed E-state index contributed by atoms with van der Waals surface area (Å²) in [6.07, 6.45) is 7.21. The van der Waals surface area contributed by atoms with Gasteiger partial charge in [-0.1, -0.05) is 37.4 Å². The van der Waals surface area contributed by atoms with Crippen LogP contribution in [0.3, 0.4) is 0 Å². The minimum Gasteiger partial charge on any atom is -0.316 e. The molecular weight excluding hydrogens is 261 g/mol. The minimum atomic E-state index is -0.252. The first-order chi connectivity index (χ1) is 9.15. The van der Waals surface area contributed by atoms with Crippen molar-refractivity contribution in [1.82, 2.24) is 5.32 Å². The van der Waals surface area contributed by atoms with E-state index in [1.165, 1.54) is 37.8 Å². The molecule has 1 N–H and O–H groups in total. The molecule has 0 amide bonds. The summed E-state index contributed by atoms with van der Waals surface area (Å²) >= 11 is 6.17. The number of hydrogen-bond acceptors (Lipinski definition) is 1. The maximum atomic E-state index is 13.1. The average Bonchev–Trinajstić information content (AvgIpc) is 2.82. The van der Waals surface area contributed by atoms with E-state index in [9.17, 15) is 4.39 Å². The molecule has 0 bridgehead atoms. The summed E-state index contributed by atoms with van der Waals surface area (Å²) in [5.41, 5.74) is 1.40. The Kier molecular flexibility index (Phi) is 5.23. The topological polar surface area (TPSA) is 12.0 Å². The predicted molar refractivity (Wildman–Crippen MR) is 79.2 cm³/mol. The zero-order valence-electron chi connectivity index (χ0n) is 11.6. The van der Waals surface area contributed by atoms with Crippen LogP contribution in [0, 0.1) is 11.2 Å². The van der Waals surface area contributed by atoms with E-state index in [0.717, 1.165) is 31.5 Å². The second-order valence-electron chi connectivity index (χ2n) is 5.80. The molecule has 0 spiro atoms. The van der Waals surface area contributed by atoms with Crippen LogP contribution in [0.15, 0.2) is 18.2 Å². The maximum absolute atomic E-state index is 13.1. The van der Waals surface area contributed by atoms with E-state index < -0.39 is 0 Å².